The first-order chi connectivity index (χ1) is 24.7. The molecule has 288 valence electrons. The van der Waals surface area contributed by atoms with E-state index in [1.807, 2.05) is 37.9 Å². The number of amides is 2. The summed E-state index contributed by atoms with van der Waals surface area (Å²) in [7, 11) is 5.72. The topological polar surface area (TPSA) is 149 Å². The number of rotatable bonds is 22. The second kappa shape index (κ2) is 20.6. The molecule has 2 N–H and O–H groups in total. The largest absolute Gasteiger partial charge is 0.508 e. The molecular formula is C39H61N7O5S. The fraction of sp³-hybridized carbons (Fsp3) is 0.667. The predicted molar refractivity (Wildman–Crippen MR) is 207 cm³/mol. The van der Waals surface area contributed by atoms with Gasteiger partial charge in [0.2, 0.25) is 5.91 Å². The molecule has 7 atom stereocenters. The van der Waals surface area contributed by atoms with Gasteiger partial charge >= 0.3 is 0 Å². The molecule has 2 amide bonds. The summed E-state index contributed by atoms with van der Waals surface area (Å²) in [5.41, 5.74) is 1.82. The van der Waals surface area contributed by atoms with Crippen molar-refractivity contribution in [2.75, 3.05) is 34.3 Å². The Bertz CT molecular complexity index is 1510. The number of benzene rings is 1. The van der Waals surface area contributed by atoms with Crippen molar-refractivity contribution < 1.29 is 24.2 Å². The third-order valence-electron chi connectivity index (χ3n) is 10.3. The zero-order chi connectivity index (χ0) is 38.5. The van der Waals surface area contributed by atoms with Crippen LogP contribution in [-0.4, -0.2) is 95.6 Å². The Balaban J connectivity index is 1.82. The van der Waals surface area contributed by atoms with E-state index in [0.717, 1.165) is 24.8 Å². The van der Waals surface area contributed by atoms with E-state index in [1.54, 1.807) is 29.6 Å². The molecule has 3 rings (SSSR count). The quantitative estimate of drug-likeness (QED) is 0.133. The first-order valence-corrected chi connectivity index (χ1v) is 19.6. The summed E-state index contributed by atoms with van der Waals surface area (Å²) < 4.78 is 6.38. The van der Waals surface area contributed by atoms with Crippen molar-refractivity contribution in [3.63, 3.8) is 0 Å². The predicted octanol–water partition coefficient (Wildman–Crippen LogP) is 6.95. The SMILES string of the molecule is CCCO[C@H](C[C@H](C(C)C)N(C)C(=O)[C@@H](CC(=O)[C@@H]([C@@H](C)CC)N(C)C)[C@@H](C)CC)c1nc(C(=O)N[C@@H](Cc2ccc(O)cc2)C2=NN=NC2)cs1. The molecule has 52 heavy (non-hydrogen) atoms. The highest BCUT2D eigenvalue weighted by Crippen LogP contribution is 2.33. The number of phenolic OH excluding ortho intramolecular Hbond substituents is 1. The molecule has 13 heteroatoms. The molecule has 0 spiro atoms. The molecule has 0 unspecified atom stereocenters. The minimum Gasteiger partial charge on any atom is -0.508 e. The number of nitrogens with zero attached hydrogens (tertiary/aromatic N) is 6. The second-order valence-corrected chi connectivity index (χ2v) is 15.6. The standard InChI is InChI=1S/C39H61N7O5S/c1-11-18-51-35(21-33(24(4)5)46(10)39(50)29(25(6)12-2)20-34(48)36(45(8)9)26(7)13-3)38-42-32(23-52-38)37(49)41-30(31-22-40-44-43-31)19-27-14-16-28(47)17-15-27/h14-17,23-26,29-30,33,35-36,47H,11-13,18-22H2,1-10H3,(H,41,49)/t25-,26-,29-,30-,33+,35+,36+/m0/s1. The van der Waals surface area contributed by atoms with Gasteiger partial charge < -0.3 is 20.1 Å². The molecule has 2 heterocycles. The zero-order valence-electron chi connectivity index (χ0n) is 32.8. The monoisotopic (exact) mass is 739 g/mol. The molecule has 0 fully saturated rings. The van der Waals surface area contributed by atoms with E-state index in [9.17, 15) is 19.5 Å². The molecule has 0 saturated heterocycles. The van der Waals surface area contributed by atoms with Gasteiger partial charge in [-0.15, -0.1) is 16.4 Å². The summed E-state index contributed by atoms with van der Waals surface area (Å²) in [5.74, 6) is -0.213. The van der Waals surface area contributed by atoms with Crippen LogP contribution in [-0.2, 0) is 20.7 Å². The fourth-order valence-corrected chi connectivity index (χ4v) is 7.67. The number of aromatic nitrogens is 1. The van der Waals surface area contributed by atoms with Crippen LogP contribution in [0.25, 0.3) is 0 Å². The van der Waals surface area contributed by atoms with Gasteiger partial charge in [0.1, 0.15) is 29.1 Å². The van der Waals surface area contributed by atoms with Crippen molar-refractivity contribution in [3.8, 4) is 5.75 Å². The van der Waals surface area contributed by atoms with Crippen LogP contribution in [0.15, 0.2) is 45.1 Å². The van der Waals surface area contributed by atoms with Gasteiger partial charge in [0.25, 0.3) is 5.91 Å². The van der Waals surface area contributed by atoms with E-state index in [0.29, 0.717) is 36.7 Å². The molecule has 1 aromatic heterocycles. The van der Waals surface area contributed by atoms with E-state index in [-0.39, 0.29) is 65.3 Å². The number of hydrogen-bond acceptors (Lipinski definition) is 11. The lowest BCUT2D eigenvalue weighted by atomic mass is 9.82. The average Bonchev–Trinajstić information content (AvgIpc) is 3.84. The van der Waals surface area contributed by atoms with Crippen LogP contribution in [0.1, 0.15) is 108 Å². The third-order valence-corrected chi connectivity index (χ3v) is 11.3. The Morgan fingerprint density at radius 1 is 1.00 bits per heavy atom. The van der Waals surface area contributed by atoms with Gasteiger partial charge in [-0.05, 0) is 67.6 Å². The molecule has 0 saturated carbocycles. The minimum absolute atomic E-state index is 0.0236. The van der Waals surface area contributed by atoms with Crippen molar-refractivity contribution >= 4 is 34.6 Å². The number of carbonyl (C=O) groups is 3. The molecule has 1 aliphatic rings. The number of nitrogens with one attached hydrogen (secondary N) is 1. The molecule has 12 nitrogen and oxygen atoms in total. The lowest BCUT2D eigenvalue weighted by Crippen LogP contribution is -2.48. The van der Waals surface area contributed by atoms with Crippen molar-refractivity contribution in [3.05, 3.63) is 45.9 Å². The van der Waals surface area contributed by atoms with Crippen molar-refractivity contribution in [1.82, 2.24) is 20.1 Å². The zero-order valence-corrected chi connectivity index (χ0v) is 33.7. The van der Waals surface area contributed by atoms with E-state index < -0.39 is 18.1 Å². The normalized spacial score (nSPS) is 17.0. The average molecular weight is 740 g/mol. The fourth-order valence-electron chi connectivity index (χ4n) is 6.81. The number of phenols is 1. The number of ketones is 1. The maximum absolute atomic E-state index is 14.4. The highest BCUT2D eigenvalue weighted by atomic mass is 32.1. The third kappa shape index (κ3) is 11.7. The lowest BCUT2D eigenvalue weighted by Gasteiger charge is -2.37. The second-order valence-electron chi connectivity index (χ2n) is 14.8. The highest BCUT2D eigenvalue weighted by Gasteiger charge is 2.37. The van der Waals surface area contributed by atoms with Gasteiger partial charge in [0.05, 0.1) is 17.8 Å². The van der Waals surface area contributed by atoms with E-state index in [1.165, 1.54) is 11.3 Å². The molecule has 1 aromatic carbocycles. The van der Waals surface area contributed by atoms with Crippen molar-refractivity contribution in [2.24, 2.45) is 39.1 Å². The van der Waals surface area contributed by atoms with E-state index in [4.69, 9.17) is 9.72 Å². The van der Waals surface area contributed by atoms with Gasteiger partial charge in [-0.1, -0.05) is 73.4 Å². The van der Waals surface area contributed by atoms with Gasteiger partial charge in [-0.2, -0.15) is 5.11 Å². The van der Waals surface area contributed by atoms with Crippen LogP contribution in [0.3, 0.4) is 0 Å². The number of Topliss-reactive ketones (excluding diaryl/α,β-unsaturated/α-hetero) is 1. The number of thiazole rings is 1. The molecule has 1 aliphatic heterocycles. The highest BCUT2D eigenvalue weighted by molar-refractivity contribution is 7.09. The minimum atomic E-state index is -0.460. The Morgan fingerprint density at radius 2 is 1.67 bits per heavy atom. The van der Waals surface area contributed by atoms with E-state index in [2.05, 4.69) is 62.3 Å². The summed E-state index contributed by atoms with van der Waals surface area (Å²) in [4.78, 5) is 50.3. The summed E-state index contributed by atoms with van der Waals surface area (Å²) in [6.07, 6.45) is 3.18. The molecular weight excluding hydrogens is 679 g/mol. The summed E-state index contributed by atoms with van der Waals surface area (Å²) in [6, 6.07) is 5.93. The number of hydrogen-bond donors (Lipinski definition) is 2. The molecule has 2 aromatic rings. The number of carbonyl (C=O) groups excluding carboxylic acids is 3. The van der Waals surface area contributed by atoms with Crippen LogP contribution in [0.5, 0.6) is 5.75 Å². The van der Waals surface area contributed by atoms with Crippen LogP contribution in [0.4, 0.5) is 0 Å². The molecule has 0 aliphatic carbocycles. The van der Waals surface area contributed by atoms with Crippen LogP contribution in [0, 0.1) is 23.7 Å². The maximum atomic E-state index is 14.4. The Morgan fingerprint density at radius 3 is 2.23 bits per heavy atom. The van der Waals surface area contributed by atoms with Crippen LogP contribution < -0.4 is 5.32 Å². The first kappa shape index (κ1) is 42.9. The Labute approximate surface area is 314 Å². The smallest absolute Gasteiger partial charge is 0.271 e. The van der Waals surface area contributed by atoms with E-state index >= 15 is 0 Å². The maximum Gasteiger partial charge on any atom is 0.271 e. The number of likely N-dealkylation sites (N-methyl/N-ethyl adjacent to an activating group) is 1. The summed E-state index contributed by atoms with van der Waals surface area (Å²) >= 11 is 1.36. The summed E-state index contributed by atoms with van der Waals surface area (Å²) in [6.45, 7) is 15.4. The van der Waals surface area contributed by atoms with Gasteiger partial charge in [-0.3, -0.25) is 19.3 Å². The Kier molecular flexibility index (Phi) is 17.0. The van der Waals surface area contributed by atoms with Gasteiger partial charge in [-0.25, -0.2) is 4.98 Å². The molecule has 0 radical (unpaired) electrons. The first-order valence-electron chi connectivity index (χ1n) is 18.8. The van der Waals surface area contributed by atoms with Gasteiger partial charge in [0, 0.05) is 43.8 Å². The molecule has 0 bridgehead atoms. The number of ether oxygens (including phenoxy) is 1. The van der Waals surface area contributed by atoms with Crippen molar-refractivity contribution in [1.29, 1.82) is 0 Å². The van der Waals surface area contributed by atoms with Crippen LogP contribution >= 0.6 is 11.3 Å². The van der Waals surface area contributed by atoms with Crippen LogP contribution in [0.2, 0.25) is 0 Å². The Hall–Kier alpha value is -3.55. The number of aromatic hydroxyl groups is 1. The van der Waals surface area contributed by atoms with Crippen molar-refractivity contribution in [2.45, 2.75) is 111 Å². The summed E-state index contributed by atoms with van der Waals surface area (Å²) in [5, 5.41) is 27.0. The lowest BCUT2D eigenvalue weighted by molar-refractivity contribution is -0.143. The van der Waals surface area contributed by atoms with Gasteiger partial charge in [0.15, 0.2) is 5.78 Å².